The number of hydrogen-bond donors (Lipinski definition) is 1. The van der Waals surface area contributed by atoms with Gasteiger partial charge in [0.2, 0.25) is 0 Å². The van der Waals surface area contributed by atoms with Gasteiger partial charge in [-0.15, -0.1) is 11.8 Å². The predicted molar refractivity (Wildman–Crippen MR) is 91.0 cm³/mol. The average Bonchev–Trinajstić information content (AvgIpc) is 2.51. The SMILES string of the molecule is CONC(=CCCSc1cccc(C)c1)c1ccc(F)cc1. The van der Waals surface area contributed by atoms with Crippen molar-refractivity contribution in [2.24, 2.45) is 0 Å². The van der Waals surface area contributed by atoms with Gasteiger partial charge >= 0.3 is 0 Å². The van der Waals surface area contributed by atoms with E-state index >= 15 is 0 Å². The van der Waals surface area contributed by atoms with Gasteiger partial charge in [-0.25, -0.2) is 4.39 Å². The van der Waals surface area contributed by atoms with Crippen LogP contribution in [0.2, 0.25) is 0 Å². The van der Waals surface area contributed by atoms with Gasteiger partial charge in [-0.2, -0.15) is 0 Å². The molecule has 4 heteroatoms. The molecular formula is C18H20FNOS. The molecule has 0 spiro atoms. The molecule has 2 nitrogen and oxygen atoms in total. The minimum absolute atomic E-state index is 0.240. The van der Waals surface area contributed by atoms with Crippen LogP contribution in [-0.4, -0.2) is 12.9 Å². The van der Waals surface area contributed by atoms with Gasteiger partial charge in [0, 0.05) is 10.6 Å². The lowest BCUT2D eigenvalue weighted by atomic mass is 10.1. The summed E-state index contributed by atoms with van der Waals surface area (Å²) in [6, 6.07) is 14.8. The summed E-state index contributed by atoms with van der Waals surface area (Å²) in [5.41, 5.74) is 5.89. The molecule has 0 aliphatic heterocycles. The molecule has 0 heterocycles. The minimum Gasteiger partial charge on any atom is -0.279 e. The number of benzene rings is 2. The molecule has 0 saturated carbocycles. The Morgan fingerprint density at radius 3 is 2.68 bits per heavy atom. The van der Waals surface area contributed by atoms with Crippen LogP contribution < -0.4 is 5.48 Å². The van der Waals surface area contributed by atoms with E-state index in [9.17, 15) is 4.39 Å². The van der Waals surface area contributed by atoms with Crippen molar-refractivity contribution in [3.63, 3.8) is 0 Å². The quantitative estimate of drug-likeness (QED) is 0.450. The second kappa shape index (κ2) is 8.61. The van der Waals surface area contributed by atoms with E-state index in [0.29, 0.717) is 0 Å². The molecule has 0 aromatic heterocycles. The first kappa shape index (κ1) is 16.6. The smallest absolute Gasteiger partial charge is 0.123 e. The Labute approximate surface area is 135 Å². The third-order valence-electron chi connectivity index (χ3n) is 3.09. The van der Waals surface area contributed by atoms with Gasteiger partial charge in [-0.05, 0) is 55.3 Å². The monoisotopic (exact) mass is 317 g/mol. The number of allylic oxidation sites excluding steroid dienone is 1. The fourth-order valence-corrected chi connectivity index (χ4v) is 2.96. The highest BCUT2D eigenvalue weighted by Gasteiger charge is 2.01. The number of nitrogens with one attached hydrogen (secondary N) is 1. The maximum absolute atomic E-state index is 13.0. The first-order valence-electron chi connectivity index (χ1n) is 7.13. The standard InChI is InChI=1S/C18H20FNOS/c1-14-5-3-6-17(13-14)22-12-4-7-18(20-21-2)15-8-10-16(19)11-9-15/h3,5-11,13,20H,4,12H2,1-2H3. The van der Waals surface area contributed by atoms with Crippen LogP contribution in [0, 0.1) is 12.7 Å². The van der Waals surface area contributed by atoms with Crippen LogP contribution in [-0.2, 0) is 4.84 Å². The van der Waals surface area contributed by atoms with Crippen LogP contribution in [0.25, 0.3) is 5.70 Å². The van der Waals surface area contributed by atoms with Crippen molar-refractivity contribution in [1.29, 1.82) is 0 Å². The predicted octanol–water partition coefficient (Wildman–Crippen LogP) is 4.81. The Kier molecular flexibility index (Phi) is 6.49. The van der Waals surface area contributed by atoms with Gasteiger partial charge in [0.1, 0.15) is 5.82 Å². The molecule has 1 N–H and O–H groups in total. The first-order valence-corrected chi connectivity index (χ1v) is 8.12. The van der Waals surface area contributed by atoms with Crippen LogP contribution in [0.1, 0.15) is 17.5 Å². The molecule has 2 aromatic carbocycles. The second-order valence-electron chi connectivity index (χ2n) is 4.88. The number of thioether (sulfide) groups is 1. The zero-order chi connectivity index (χ0) is 15.8. The summed E-state index contributed by atoms with van der Waals surface area (Å²) in [5.74, 6) is 0.732. The molecule has 2 aromatic rings. The van der Waals surface area contributed by atoms with E-state index in [0.717, 1.165) is 23.4 Å². The largest absolute Gasteiger partial charge is 0.279 e. The van der Waals surface area contributed by atoms with Crippen LogP contribution in [0.3, 0.4) is 0 Å². The molecule has 0 unspecified atom stereocenters. The van der Waals surface area contributed by atoms with Gasteiger partial charge in [-0.1, -0.05) is 23.8 Å². The maximum atomic E-state index is 13.0. The molecular weight excluding hydrogens is 297 g/mol. The van der Waals surface area contributed by atoms with Crippen LogP contribution in [0.15, 0.2) is 59.5 Å². The molecule has 2 rings (SSSR count). The molecule has 0 aliphatic rings. The summed E-state index contributed by atoms with van der Waals surface area (Å²) in [5, 5.41) is 0. The fraction of sp³-hybridized carbons (Fsp3) is 0.222. The van der Waals surface area contributed by atoms with Crippen LogP contribution in [0.5, 0.6) is 0 Å². The topological polar surface area (TPSA) is 21.3 Å². The summed E-state index contributed by atoms with van der Waals surface area (Å²) < 4.78 is 13.0. The number of hydroxylamine groups is 1. The second-order valence-corrected chi connectivity index (χ2v) is 6.05. The zero-order valence-electron chi connectivity index (χ0n) is 12.8. The van der Waals surface area contributed by atoms with Crippen molar-refractivity contribution in [2.45, 2.75) is 18.2 Å². The summed E-state index contributed by atoms with van der Waals surface area (Å²) in [6.07, 6.45) is 2.96. The Hall–Kier alpha value is -1.78. The Bertz CT molecular complexity index is 625. The Balaban J connectivity index is 1.94. The van der Waals surface area contributed by atoms with Gasteiger partial charge in [-0.3, -0.25) is 10.3 Å². The lowest BCUT2D eigenvalue weighted by Gasteiger charge is -2.09. The zero-order valence-corrected chi connectivity index (χ0v) is 13.6. The highest BCUT2D eigenvalue weighted by Crippen LogP contribution is 2.21. The van der Waals surface area contributed by atoms with Crippen molar-refractivity contribution >= 4 is 17.5 Å². The van der Waals surface area contributed by atoms with Gasteiger partial charge in [0.25, 0.3) is 0 Å². The molecule has 0 atom stereocenters. The highest BCUT2D eigenvalue weighted by molar-refractivity contribution is 7.99. The summed E-state index contributed by atoms with van der Waals surface area (Å²) >= 11 is 1.82. The Morgan fingerprint density at radius 1 is 1.23 bits per heavy atom. The number of aryl methyl sites for hydroxylation is 1. The molecule has 0 amide bonds. The van der Waals surface area contributed by atoms with E-state index < -0.39 is 0 Å². The van der Waals surface area contributed by atoms with Crippen LogP contribution >= 0.6 is 11.8 Å². The molecule has 0 radical (unpaired) electrons. The highest BCUT2D eigenvalue weighted by atomic mass is 32.2. The van der Waals surface area contributed by atoms with Gasteiger partial charge < -0.3 is 0 Å². The Morgan fingerprint density at radius 2 is 2.00 bits per heavy atom. The van der Waals surface area contributed by atoms with E-state index in [2.05, 4.69) is 42.7 Å². The number of rotatable bonds is 7. The molecule has 0 saturated heterocycles. The lowest BCUT2D eigenvalue weighted by molar-refractivity contribution is 0.136. The molecule has 22 heavy (non-hydrogen) atoms. The summed E-state index contributed by atoms with van der Waals surface area (Å²) in [7, 11) is 1.57. The van der Waals surface area contributed by atoms with Crippen LogP contribution in [0.4, 0.5) is 4.39 Å². The summed E-state index contributed by atoms with van der Waals surface area (Å²) in [4.78, 5) is 6.28. The molecule has 0 bridgehead atoms. The van der Waals surface area contributed by atoms with Crippen molar-refractivity contribution in [3.05, 3.63) is 71.6 Å². The normalized spacial score (nSPS) is 11.5. The van der Waals surface area contributed by atoms with Crippen molar-refractivity contribution in [1.82, 2.24) is 5.48 Å². The number of halogens is 1. The number of hydrogen-bond acceptors (Lipinski definition) is 3. The van der Waals surface area contributed by atoms with E-state index in [1.54, 1.807) is 19.2 Å². The van der Waals surface area contributed by atoms with Crippen molar-refractivity contribution < 1.29 is 9.23 Å². The molecule has 0 fully saturated rings. The third-order valence-corrected chi connectivity index (χ3v) is 4.12. The van der Waals surface area contributed by atoms with E-state index in [1.807, 2.05) is 11.8 Å². The minimum atomic E-state index is -0.240. The van der Waals surface area contributed by atoms with Gasteiger partial charge in [0.15, 0.2) is 0 Å². The van der Waals surface area contributed by atoms with E-state index in [-0.39, 0.29) is 5.82 Å². The van der Waals surface area contributed by atoms with Crippen molar-refractivity contribution in [3.8, 4) is 0 Å². The summed E-state index contributed by atoms with van der Waals surface area (Å²) in [6.45, 7) is 2.10. The van der Waals surface area contributed by atoms with Gasteiger partial charge in [0.05, 0.1) is 12.8 Å². The van der Waals surface area contributed by atoms with E-state index in [4.69, 9.17) is 4.84 Å². The molecule has 116 valence electrons. The molecule has 0 aliphatic carbocycles. The third kappa shape index (κ3) is 5.20. The first-order chi connectivity index (χ1) is 10.7. The average molecular weight is 317 g/mol. The van der Waals surface area contributed by atoms with Crippen molar-refractivity contribution in [2.75, 3.05) is 12.9 Å². The lowest BCUT2D eigenvalue weighted by Crippen LogP contribution is -2.10. The maximum Gasteiger partial charge on any atom is 0.123 e. The van der Waals surface area contributed by atoms with E-state index in [1.165, 1.54) is 22.6 Å². The fourth-order valence-electron chi connectivity index (χ4n) is 2.04.